The smallest absolute Gasteiger partial charge is 0.123 e. The van der Waals surface area contributed by atoms with Gasteiger partial charge in [-0.1, -0.05) is 48.5 Å². The van der Waals surface area contributed by atoms with E-state index in [4.69, 9.17) is 4.74 Å². The molecule has 0 N–H and O–H groups in total. The first-order valence-corrected chi connectivity index (χ1v) is 9.67. The third kappa shape index (κ3) is 5.01. The zero-order chi connectivity index (χ0) is 21.8. The zero-order valence-corrected chi connectivity index (χ0v) is 16.3. The molecule has 0 aromatic heterocycles. The summed E-state index contributed by atoms with van der Waals surface area (Å²) >= 11 is 0. The third-order valence-corrected chi connectivity index (χ3v) is 4.92. The predicted molar refractivity (Wildman–Crippen MR) is 110 cm³/mol. The highest BCUT2D eigenvalue weighted by Crippen LogP contribution is 2.36. The molecule has 0 saturated carbocycles. The van der Waals surface area contributed by atoms with Crippen LogP contribution in [0.3, 0.4) is 0 Å². The second-order valence-electron chi connectivity index (χ2n) is 7.11. The number of halogens is 4. The number of hydrogen-bond donors (Lipinski definition) is 0. The highest BCUT2D eigenvalue weighted by atomic mass is 19.1. The summed E-state index contributed by atoms with van der Waals surface area (Å²) in [4.78, 5) is 0. The van der Waals surface area contributed by atoms with Gasteiger partial charge in [0.2, 0.25) is 0 Å². The molecule has 4 rings (SSSR count). The highest BCUT2D eigenvalue weighted by Gasteiger charge is 2.24. The Morgan fingerprint density at radius 1 is 0.419 bits per heavy atom. The van der Waals surface area contributed by atoms with Crippen LogP contribution in [-0.2, 0) is 4.74 Å². The van der Waals surface area contributed by atoms with E-state index in [1.807, 2.05) is 0 Å². The van der Waals surface area contributed by atoms with Gasteiger partial charge in [-0.15, -0.1) is 0 Å². The first-order chi connectivity index (χ1) is 15.0. The van der Waals surface area contributed by atoms with E-state index < -0.39 is 35.5 Å². The van der Waals surface area contributed by atoms with Crippen molar-refractivity contribution in [2.24, 2.45) is 0 Å². The molecule has 0 bridgehead atoms. The first-order valence-electron chi connectivity index (χ1n) is 9.67. The molecule has 2 unspecified atom stereocenters. The molecular weight excluding hydrogens is 404 g/mol. The number of benzene rings is 4. The van der Waals surface area contributed by atoms with Crippen LogP contribution in [0.4, 0.5) is 17.6 Å². The molecule has 31 heavy (non-hydrogen) atoms. The molecule has 0 aliphatic heterocycles. The summed E-state index contributed by atoms with van der Waals surface area (Å²) in [7, 11) is 0. The standard InChI is InChI=1S/C26H18F4O/c27-21-11-7-17(8-12-21)25(19-3-1-5-23(29)15-19)31-26(18-9-13-22(28)14-10-18)20-4-2-6-24(30)16-20/h1-16,25-26H. The fraction of sp³-hybridized carbons (Fsp3) is 0.0769. The van der Waals surface area contributed by atoms with Gasteiger partial charge in [-0.05, 0) is 70.8 Å². The van der Waals surface area contributed by atoms with Gasteiger partial charge in [-0.3, -0.25) is 0 Å². The van der Waals surface area contributed by atoms with Gasteiger partial charge < -0.3 is 4.74 Å². The van der Waals surface area contributed by atoms with Gasteiger partial charge in [0, 0.05) is 0 Å². The van der Waals surface area contributed by atoms with Crippen LogP contribution in [0.15, 0.2) is 97.1 Å². The van der Waals surface area contributed by atoms with Crippen LogP contribution < -0.4 is 0 Å². The van der Waals surface area contributed by atoms with E-state index in [0.29, 0.717) is 22.3 Å². The Morgan fingerprint density at radius 3 is 1.16 bits per heavy atom. The molecular formula is C26H18F4O. The summed E-state index contributed by atoms with van der Waals surface area (Å²) < 4.78 is 61.4. The quantitative estimate of drug-likeness (QED) is 0.300. The third-order valence-electron chi connectivity index (χ3n) is 4.92. The minimum absolute atomic E-state index is 0.415. The van der Waals surface area contributed by atoms with E-state index in [0.717, 1.165) is 0 Å². The van der Waals surface area contributed by atoms with Gasteiger partial charge in [-0.25, -0.2) is 17.6 Å². The Labute approximate surface area is 177 Å². The summed E-state index contributed by atoms with van der Waals surface area (Å²) in [6.07, 6.45) is -1.57. The molecule has 1 nitrogen and oxygen atoms in total. The van der Waals surface area contributed by atoms with E-state index >= 15 is 0 Å². The SMILES string of the molecule is Fc1ccc(C(OC(c2ccc(F)cc2)c2cccc(F)c2)c2cccc(F)c2)cc1. The number of hydrogen-bond acceptors (Lipinski definition) is 1. The van der Waals surface area contributed by atoms with Gasteiger partial charge in [0.15, 0.2) is 0 Å². The van der Waals surface area contributed by atoms with Crippen LogP contribution in [0.2, 0.25) is 0 Å². The zero-order valence-electron chi connectivity index (χ0n) is 16.3. The second-order valence-corrected chi connectivity index (χ2v) is 7.11. The summed E-state index contributed by atoms with van der Waals surface area (Å²) in [6.45, 7) is 0. The molecule has 0 radical (unpaired) electrons. The van der Waals surface area contributed by atoms with Crippen molar-refractivity contribution < 1.29 is 22.3 Å². The van der Waals surface area contributed by atoms with E-state index in [9.17, 15) is 17.6 Å². The molecule has 5 heteroatoms. The van der Waals surface area contributed by atoms with E-state index in [2.05, 4.69) is 0 Å². The molecule has 0 fully saturated rings. The minimum Gasteiger partial charge on any atom is -0.356 e. The van der Waals surface area contributed by atoms with Crippen LogP contribution in [-0.4, -0.2) is 0 Å². The Balaban J connectivity index is 1.81. The van der Waals surface area contributed by atoms with Crippen LogP contribution in [0.5, 0.6) is 0 Å². The molecule has 0 aliphatic carbocycles. The van der Waals surface area contributed by atoms with E-state index in [1.54, 1.807) is 48.5 Å². The Morgan fingerprint density at radius 2 is 0.806 bits per heavy atom. The monoisotopic (exact) mass is 422 g/mol. The maximum absolute atomic E-state index is 14.0. The Hall–Kier alpha value is -3.44. The van der Waals surface area contributed by atoms with Crippen molar-refractivity contribution in [3.8, 4) is 0 Å². The Kier molecular flexibility index (Phi) is 6.14. The lowest BCUT2D eigenvalue weighted by molar-refractivity contribution is 0.0305. The largest absolute Gasteiger partial charge is 0.356 e. The molecule has 0 aliphatic rings. The van der Waals surface area contributed by atoms with Crippen molar-refractivity contribution in [1.29, 1.82) is 0 Å². The van der Waals surface area contributed by atoms with Crippen molar-refractivity contribution in [1.82, 2.24) is 0 Å². The van der Waals surface area contributed by atoms with Crippen molar-refractivity contribution >= 4 is 0 Å². The lowest BCUT2D eigenvalue weighted by Gasteiger charge is -2.27. The fourth-order valence-corrected chi connectivity index (χ4v) is 3.45. The first kappa shape index (κ1) is 20.8. The average molecular weight is 422 g/mol. The summed E-state index contributed by atoms with van der Waals surface area (Å²) in [5.74, 6) is -1.72. The van der Waals surface area contributed by atoms with Crippen LogP contribution >= 0.6 is 0 Å². The van der Waals surface area contributed by atoms with Crippen molar-refractivity contribution in [3.63, 3.8) is 0 Å². The summed E-state index contributed by atoms with van der Waals surface area (Å²) in [6, 6.07) is 23.2. The lowest BCUT2D eigenvalue weighted by atomic mass is 9.97. The van der Waals surface area contributed by atoms with Gasteiger partial charge >= 0.3 is 0 Å². The van der Waals surface area contributed by atoms with Gasteiger partial charge in [-0.2, -0.15) is 0 Å². The topological polar surface area (TPSA) is 9.23 Å². The molecule has 0 heterocycles. The normalized spacial score (nSPS) is 13.0. The van der Waals surface area contributed by atoms with Crippen molar-refractivity contribution in [3.05, 3.63) is 143 Å². The minimum atomic E-state index is -0.783. The fourth-order valence-electron chi connectivity index (χ4n) is 3.45. The molecule has 4 aromatic carbocycles. The number of rotatable bonds is 6. The van der Waals surface area contributed by atoms with Gasteiger partial charge in [0.1, 0.15) is 35.5 Å². The predicted octanol–water partition coefficient (Wildman–Crippen LogP) is 7.14. The van der Waals surface area contributed by atoms with Crippen LogP contribution in [0.25, 0.3) is 0 Å². The maximum atomic E-state index is 14.0. The Bertz CT molecular complexity index is 1060. The van der Waals surface area contributed by atoms with Crippen molar-refractivity contribution in [2.45, 2.75) is 12.2 Å². The van der Waals surface area contributed by atoms with Crippen LogP contribution in [0.1, 0.15) is 34.5 Å². The van der Waals surface area contributed by atoms with Crippen molar-refractivity contribution in [2.75, 3.05) is 0 Å². The van der Waals surface area contributed by atoms with Gasteiger partial charge in [0.25, 0.3) is 0 Å². The molecule has 0 amide bonds. The highest BCUT2D eigenvalue weighted by molar-refractivity contribution is 5.34. The molecule has 2 atom stereocenters. The average Bonchev–Trinajstić information content (AvgIpc) is 2.76. The molecule has 0 spiro atoms. The van der Waals surface area contributed by atoms with Gasteiger partial charge in [0.05, 0.1) is 0 Å². The maximum Gasteiger partial charge on any atom is 0.123 e. The van der Waals surface area contributed by atoms with E-state index in [-0.39, 0.29) is 0 Å². The van der Waals surface area contributed by atoms with E-state index in [1.165, 1.54) is 48.5 Å². The lowest BCUT2D eigenvalue weighted by Crippen LogP contribution is -2.14. The molecule has 156 valence electrons. The molecule has 0 saturated heterocycles. The molecule has 4 aromatic rings. The number of ether oxygens (including phenoxy) is 1. The summed E-state index contributed by atoms with van der Waals surface area (Å²) in [5.41, 5.74) is 2.20. The van der Waals surface area contributed by atoms with Crippen LogP contribution in [0, 0.1) is 23.3 Å². The summed E-state index contributed by atoms with van der Waals surface area (Å²) in [5, 5.41) is 0. The second kappa shape index (κ2) is 9.14.